The van der Waals surface area contributed by atoms with Crippen LogP contribution in [0.15, 0.2) is 59.5 Å². The molecule has 20 heavy (non-hydrogen) atoms. The zero-order valence-corrected chi connectivity index (χ0v) is 12.4. The van der Waals surface area contributed by atoms with Crippen LogP contribution >= 0.6 is 11.8 Å². The van der Waals surface area contributed by atoms with Gasteiger partial charge in [-0.2, -0.15) is 0 Å². The zero-order chi connectivity index (χ0) is 14.2. The van der Waals surface area contributed by atoms with E-state index in [0.717, 1.165) is 11.3 Å². The molecule has 0 N–H and O–H groups in total. The average Bonchev–Trinajstić information content (AvgIpc) is 2.52. The van der Waals surface area contributed by atoms with Gasteiger partial charge in [-0.05, 0) is 30.4 Å². The third-order valence-corrected chi connectivity index (χ3v) is 3.77. The van der Waals surface area contributed by atoms with E-state index in [0.29, 0.717) is 12.2 Å². The normalized spacial score (nSPS) is 10.4. The van der Waals surface area contributed by atoms with Gasteiger partial charge in [0.15, 0.2) is 5.78 Å². The minimum atomic E-state index is 0.0331. The molecule has 0 radical (unpaired) electrons. The number of benzene rings is 2. The van der Waals surface area contributed by atoms with Crippen molar-refractivity contribution in [2.45, 2.75) is 11.3 Å². The van der Waals surface area contributed by atoms with Crippen LogP contribution in [-0.4, -0.2) is 25.3 Å². The molecule has 0 spiro atoms. The van der Waals surface area contributed by atoms with E-state index in [1.807, 2.05) is 48.7 Å². The van der Waals surface area contributed by atoms with Crippen LogP contribution in [-0.2, 0) is 11.2 Å². The Labute approximate surface area is 124 Å². The number of carbonyl (C=O) groups is 1. The largest absolute Gasteiger partial charge is 0.373 e. The lowest BCUT2D eigenvalue weighted by Crippen LogP contribution is -2.10. The lowest BCUT2D eigenvalue weighted by atomic mass is 10.1. The van der Waals surface area contributed by atoms with Gasteiger partial charge in [-0.25, -0.2) is 0 Å². The van der Waals surface area contributed by atoms with Crippen LogP contribution in [0.25, 0.3) is 0 Å². The minimum Gasteiger partial charge on any atom is -0.373 e. The van der Waals surface area contributed by atoms with Crippen LogP contribution in [0.4, 0.5) is 0 Å². The third kappa shape index (κ3) is 4.51. The van der Waals surface area contributed by atoms with Gasteiger partial charge in [0.1, 0.15) is 6.61 Å². The maximum Gasteiger partial charge on any atom is 0.188 e. The number of thioether (sulfide) groups is 1. The van der Waals surface area contributed by atoms with Crippen molar-refractivity contribution in [3.8, 4) is 0 Å². The van der Waals surface area contributed by atoms with E-state index in [9.17, 15) is 4.79 Å². The van der Waals surface area contributed by atoms with E-state index in [-0.39, 0.29) is 12.4 Å². The van der Waals surface area contributed by atoms with Crippen molar-refractivity contribution in [3.05, 3.63) is 65.7 Å². The van der Waals surface area contributed by atoms with Gasteiger partial charge in [0.2, 0.25) is 0 Å². The summed E-state index contributed by atoms with van der Waals surface area (Å²) in [5, 5.41) is 0. The first kappa shape index (κ1) is 14.8. The molecule has 0 aliphatic heterocycles. The predicted octanol–water partition coefficient (Wildman–Crippen LogP) is 3.85. The number of carbonyl (C=O) groups excluding carboxylic acids is 1. The van der Waals surface area contributed by atoms with Crippen LogP contribution in [0.2, 0.25) is 0 Å². The minimum absolute atomic E-state index is 0.0331. The second kappa shape index (κ2) is 7.88. The number of Topliss-reactive ketones (excluding diaryl/α,β-unsaturated/α-hetero) is 1. The Hall–Kier alpha value is -1.58. The van der Waals surface area contributed by atoms with Gasteiger partial charge in [-0.1, -0.05) is 42.5 Å². The van der Waals surface area contributed by atoms with Gasteiger partial charge in [-0.15, -0.1) is 11.8 Å². The van der Waals surface area contributed by atoms with Crippen molar-refractivity contribution >= 4 is 17.5 Å². The molecule has 0 aliphatic rings. The lowest BCUT2D eigenvalue weighted by Gasteiger charge is -2.05. The number of hydrogen-bond donors (Lipinski definition) is 0. The highest BCUT2D eigenvalue weighted by Crippen LogP contribution is 2.15. The summed E-state index contributed by atoms with van der Waals surface area (Å²) in [6.07, 6.45) is 2.85. The molecule has 0 saturated carbocycles. The molecule has 104 valence electrons. The SMILES string of the molecule is CSc1ccc(C(=O)COCCc2ccccc2)cc1. The van der Waals surface area contributed by atoms with E-state index >= 15 is 0 Å². The first-order valence-electron chi connectivity index (χ1n) is 6.58. The van der Waals surface area contributed by atoms with Gasteiger partial charge in [0, 0.05) is 10.5 Å². The van der Waals surface area contributed by atoms with Crippen LogP contribution in [0.1, 0.15) is 15.9 Å². The molecule has 0 amide bonds. The van der Waals surface area contributed by atoms with Crippen molar-refractivity contribution in [2.75, 3.05) is 19.5 Å². The predicted molar refractivity (Wildman–Crippen MR) is 83.5 cm³/mol. The molecule has 0 bridgehead atoms. The zero-order valence-electron chi connectivity index (χ0n) is 11.5. The fourth-order valence-corrected chi connectivity index (χ4v) is 2.27. The molecule has 0 aromatic heterocycles. The number of ether oxygens (including phenoxy) is 1. The van der Waals surface area contributed by atoms with Gasteiger partial charge in [-0.3, -0.25) is 4.79 Å². The summed E-state index contributed by atoms with van der Waals surface area (Å²) < 4.78 is 5.46. The van der Waals surface area contributed by atoms with Gasteiger partial charge >= 0.3 is 0 Å². The molecule has 2 rings (SSSR count). The fourth-order valence-electron chi connectivity index (χ4n) is 1.86. The second-order valence-electron chi connectivity index (χ2n) is 4.44. The summed E-state index contributed by atoms with van der Waals surface area (Å²) in [4.78, 5) is 13.1. The maximum atomic E-state index is 11.9. The van der Waals surface area contributed by atoms with Crippen molar-refractivity contribution < 1.29 is 9.53 Å². The van der Waals surface area contributed by atoms with Crippen molar-refractivity contribution in [1.82, 2.24) is 0 Å². The van der Waals surface area contributed by atoms with Gasteiger partial charge in [0.05, 0.1) is 6.61 Å². The second-order valence-corrected chi connectivity index (χ2v) is 5.32. The van der Waals surface area contributed by atoms with E-state index in [1.54, 1.807) is 11.8 Å². The lowest BCUT2D eigenvalue weighted by molar-refractivity contribution is 0.0765. The first-order valence-corrected chi connectivity index (χ1v) is 7.81. The van der Waals surface area contributed by atoms with Crippen LogP contribution in [0, 0.1) is 0 Å². The fraction of sp³-hybridized carbons (Fsp3) is 0.235. The topological polar surface area (TPSA) is 26.3 Å². The molecule has 2 nitrogen and oxygen atoms in total. The monoisotopic (exact) mass is 286 g/mol. The Kier molecular flexibility index (Phi) is 5.84. The highest BCUT2D eigenvalue weighted by atomic mass is 32.2. The van der Waals surface area contributed by atoms with Crippen molar-refractivity contribution in [1.29, 1.82) is 0 Å². The van der Waals surface area contributed by atoms with Crippen LogP contribution in [0.3, 0.4) is 0 Å². The standard InChI is InChI=1S/C17H18O2S/c1-20-16-9-7-15(8-10-16)17(18)13-19-12-11-14-5-3-2-4-6-14/h2-10H,11-13H2,1H3. The molecule has 3 heteroatoms. The van der Waals surface area contributed by atoms with E-state index in [1.165, 1.54) is 5.56 Å². The van der Waals surface area contributed by atoms with Crippen molar-refractivity contribution in [3.63, 3.8) is 0 Å². The Morgan fingerprint density at radius 2 is 1.75 bits per heavy atom. The maximum absolute atomic E-state index is 11.9. The van der Waals surface area contributed by atoms with E-state index in [4.69, 9.17) is 4.74 Å². The van der Waals surface area contributed by atoms with Crippen LogP contribution in [0.5, 0.6) is 0 Å². The van der Waals surface area contributed by atoms with Gasteiger partial charge < -0.3 is 4.74 Å². The summed E-state index contributed by atoms with van der Waals surface area (Å²) in [6, 6.07) is 17.8. The molecule has 2 aromatic rings. The number of hydrogen-bond acceptors (Lipinski definition) is 3. The molecule has 0 heterocycles. The third-order valence-electron chi connectivity index (χ3n) is 3.02. The Morgan fingerprint density at radius 3 is 2.40 bits per heavy atom. The molecular weight excluding hydrogens is 268 g/mol. The molecule has 0 aliphatic carbocycles. The summed E-state index contributed by atoms with van der Waals surface area (Å²) in [7, 11) is 0. The quantitative estimate of drug-likeness (QED) is 0.439. The summed E-state index contributed by atoms with van der Waals surface area (Å²) >= 11 is 1.67. The summed E-state index contributed by atoms with van der Waals surface area (Å²) in [6.45, 7) is 0.712. The van der Waals surface area contributed by atoms with Crippen molar-refractivity contribution in [2.24, 2.45) is 0 Å². The molecular formula is C17H18O2S. The summed E-state index contributed by atoms with van der Waals surface area (Å²) in [5.74, 6) is 0.0331. The number of rotatable bonds is 7. The Morgan fingerprint density at radius 1 is 1.05 bits per heavy atom. The Balaban J connectivity index is 1.74. The molecule has 0 fully saturated rings. The Bertz CT molecular complexity index is 535. The number of ketones is 1. The molecule has 0 atom stereocenters. The molecule has 0 unspecified atom stereocenters. The first-order chi connectivity index (χ1) is 9.79. The highest BCUT2D eigenvalue weighted by Gasteiger charge is 2.05. The highest BCUT2D eigenvalue weighted by molar-refractivity contribution is 7.98. The van der Waals surface area contributed by atoms with Gasteiger partial charge in [0.25, 0.3) is 0 Å². The van der Waals surface area contributed by atoms with Crippen LogP contribution < -0.4 is 0 Å². The summed E-state index contributed by atoms with van der Waals surface area (Å²) in [5.41, 5.74) is 1.94. The smallest absolute Gasteiger partial charge is 0.188 e. The van der Waals surface area contributed by atoms with E-state index in [2.05, 4.69) is 12.1 Å². The molecule has 2 aromatic carbocycles. The average molecular weight is 286 g/mol. The molecule has 0 saturated heterocycles. The van der Waals surface area contributed by atoms with E-state index < -0.39 is 0 Å².